The minimum absolute atomic E-state index is 0.0802. The summed E-state index contributed by atoms with van der Waals surface area (Å²) in [6, 6.07) is 0.332. The number of aryl methyl sites for hydroxylation is 1. The fourth-order valence-corrected chi connectivity index (χ4v) is 3.26. The highest BCUT2D eigenvalue weighted by molar-refractivity contribution is 5.33. The molecule has 2 aromatic heterocycles. The van der Waals surface area contributed by atoms with Crippen molar-refractivity contribution in [2.24, 2.45) is 0 Å². The quantitative estimate of drug-likeness (QED) is 0.820. The molecule has 2 unspecified atom stereocenters. The summed E-state index contributed by atoms with van der Waals surface area (Å²) < 4.78 is 8.18. The van der Waals surface area contributed by atoms with Crippen LogP contribution in [0.15, 0.2) is 25.0 Å². The molecule has 0 bridgehead atoms. The van der Waals surface area contributed by atoms with Gasteiger partial charge in [-0.25, -0.2) is 9.97 Å². The molecular formula is C14H18N6O. The smallest absolute Gasteiger partial charge is 0.225 e. The van der Waals surface area contributed by atoms with E-state index in [0.29, 0.717) is 6.04 Å². The third-order valence-electron chi connectivity index (χ3n) is 4.41. The molecule has 1 spiro atoms. The molecule has 2 saturated heterocycles. The highest BCUT2D eigenvalue weighted by atomic mass is 16.5. The average molecular weight is 286 g/mol. The lowest BCUT2D eigenvalue weighted by Gasteiger charge is -2.23. The zero-order chi connectivity index (χ0) is 14.3. The van der Waals surface area contributed by atoms with Crippen LogP contribution in [0.4, 0.5) is 5.95 Å². The van der Waals surface area contributed by atoms with Crippen LogP contribution in [-0.2, 0) is 4.74 Å². The lowest BCUT2D eigenvalue weighted by Crippen LogP contribution is -2.33. The standard InChI is InChI=1S/C14H18N6O/c1-11-5-15-13(16-6-11)19-3-2-14(8-19)4-12(7-21-14)20-9-17-18-10-20/h5-6,9-10,12H,2-4,7-8H2,1H3. The number of hydrogen-bond donors (Lipinski definition) is 0. The van der Waals surface area contributed by atoms with Crippen LogP contribution in [0.3, 0.4) is 0 Å². The number of aromatic nitrogens is 5. The van der Waals surface area contributed by atoms with Gasteiger partial charge in [-0.2, -0.15) is 0 Å². The predicted octanol–water partition coefficient (Wildman–Crippen LogP) is 0.987. The summed E-state index contributed by atoms with van der Waals surface area (Å²) in [6.45, 7) is 4.52. The molecule has 2 aliphatic heterocycles. The first-order chi connectivity index (χ1) is 10.2. The van der Waals surface area contributed by atoms with E-state index in [1.165, 1.54) is 0 Å². The van der Waals surface area contributed by atoms with Gasteiger partial charge in [0.05, 0.1) is 24.8 Å². The molecule has 7 nitrogen and oxygen atoms in total. The molecule has 7 heteroatoms. The van der Waals surface area contributed by atoms with E-state index in [1.54, 1.807) is 12.7 Å². The fourth-order valence-electron chi connectivity index (χ4n) is 3.26. The summed E-state index contributed by atoms with van der Waals surface area (Å²) in [6.07, 6.45) is 9.27. The van der Waals surface area contributed by atoms with Crippen LogP contribution in [0, 0.1) is 6.92 Å². The molecule has 110 valence electrons. The topological polar surface area (TPSA) is 69.0 Å². The molecule has 21 heavy (non-hydrogen) atoms. The van der Waals surface area contributed by atoms with Crippen LogP contribution < -0.4 is 4.90 Å². The van der Waals surface area contributed by atoms with Gasteiger partial charge in [-0.3, -0.25) is 0 Å². The molecule has 4 heterocycles. The van der Waals surface area contributed by atoms with Gasteiger partial charge in [0.2, 0.25) is 5.95 Å². The maximum absolute atomic E-state index is 6.14. The van der Waals surface area contributed by atoms with Gasteiger partial charge >= 0.3 is 0 Å². The van der Waals surface area contributed by atoms with E-state index in [4.69, 9.17) is 4.74 Å². The second-order valence-corrected chi connectivity index (χ2v) is 5.99. The number of hydrogen-bond acceptors (Lipinski definition) is 6. The first-order valence-corrected chi connectivity index (χ1v) is 7.26. The average Bonchev–Trinajstić information content (AvgIpc) is 3.22. The van der Waals surface area contributed by atoms with Crippen molar-refractivity contribution in [2.45, 2.75) is 31.4 Å². The monoisotopic (exact) mass is 286 g/mol. The van der Waals surface area contributed by atoms with Gasteiger partial charge in [-0.15, -0.1) is 10.2 Å². The van der Waals surface area contributed by atoms with Crippen molar-refractivity contribution < 1.29 is 4.74 Å². The maximum Gasteiger partial charge on any atom is 0.225 e. The molecule has 0 aliphatic carbocycles. The van der Waals surface area contributed by atoms with Gasteiger partial charge in [0.1, 0.15) is 12.7 Å². The van der Waals surface area contributed by atoms with E-state index in [-0.39, 0.29) is 5.60 Å². The Bertz CT molecular complexity index is 613. The van der Waals surface area contributed by atoms with E-state index >= 15 is 0 Å². The molecule has 0 N–H and O–H groups in total. The second-order valence-electron chi connectivity index (χ2n) is 5.99. The predicted molar refractivity (Wildman–Crippen MR) is 76.0 cm³/mol. The molecule has 4 rings (SSSR count). The number of rotatable bonds is 2. The largest absolute Gasteiger partial charge is 0.371 e. The molecule has 2 fully saturated rings. The van der Waals surface area contributed by atoms with Crippen molar-refractivity contribution in [2.75, 3.05) is 24.6 Å². The summed E-state index contributed by atoms with van der Waals surface area (Å²) in [5.74, 6) is 0.800. The van der Waals surface area contributed by atoms with Crippen LogP contribution in [0.2, 0.25) is 0 Å². The summed E-state index contributed by atoms with van der Waals surface area (Å²) in [5.41, 5.74) is 1.00. The van der Waals surface area contributed by atoms with Crippen molar-refractivity contribution in [1.29, 1.82) is 0 Å². The molecule has 2 aliphatic rings. The first kappa shape index (κ1) is 12.7. The second kappa shape index (κ2) is 4.77. The number of nitrogens with zero attached hydrogens (tertiary/aromatic N) is 6. The van der Waals surface area contributed by atoms with E-state index in [2.05, 4.69) is 25.1 Å². The minimum Gasteiger partial charge on any atom is -0.371 e. The molecular weight excluding hydrogens is 268 g/mol. The third kappa shape index (κ3) is 2.27. The van der Waals surface area contributed by atoms with Crippen molar-refractivity contribution in [3.63, 3.8) is 0 Å². The van der Waals surface area contributed by atoms with Crippen LogP contribution in [-0.4, -0.2) is 50.0 Å². The van der Waals surface area contributed by atoms with Crippen molar-refractivity contribution in [1.82, 2.24) is 24.7 Å². The van der Waals surface area contributed by atoms with E-state index in [9.17, 15) is 0 Å². The Balaban J connectivity index is 1.47. The van der Waals surface area contributed by atoms with Gasteiger partial charge in [0.25, 0.3) is 0 Å². The highest BCUT2D eigenvalue weighted by Crippen LogP contribution is 2.40. The Morgan fingerprint density at radius 1 is 1.24 bits per heavy atom. The van der Waals surface area contributed by atoms with Crippen LogP contribution in [0.25, 0.3) is 0 Å². The zero-order valence-electron chi connectivity index (χ0n) is 12.0. The third-order valence-corrected chi connectivity index (χ3v) is 4.41. The molecule has 0 amide bonds. The molecule has 2 aromatic rings. The number of anilines is 1. The van der Waals surface area contributed by atoms with Crippen LogP contribution in [0.5, 0.6) is 0 Å². The van der Waals surface area contributed by atoms with Gasteiger partial charge in [-0.05, 0) is 18.9 Å². The fraction of sp³-hybridized carbons (Fsp3) is 0.571. The van der Waals surface area contributed by atoms with Crippen molar-refractivity contribution in [3.05, 3.63) is 30.6 Å². The first-order valence-electron chi connectivity index (χ1n) is 7.26. The lowest BCUT2D eigenvalue weighted by atomic mass is 9.97. The summed E-state index contributed by atoms with van der Waals surface area (Å²) in [7, 11) is 0. The van der Waals surface area contributed by atoms with Gasteiger partial charge in [0, 0.05) is 25.4 Å². The van der Waals surface area contributed by atoms with Gasteiger partial charge < -0.3 is 14.2 Å². The normalized spacial score (nSPS) is 28.6. The SMILES string of the molecule is Cc1cnc(N2CCC3(CC(n4cnnc4)CO3)C2)nc1. The Hall–Kier alpha value is -2.02. The Morgan fingerprint density at radius 2 is 2.00 bits per heavy atom. The van der Waals surface area contributed by atoms with E-state index in [1.807, 2.05) is 23.9 Å². The molecule has 0 radical (unpaired) electrons. The van der Waals surface area contributed by atoms with Crippen molar-refractivity contribution in [3.8, 4) is 0 Å². The van der Waals surface area contributed by atoms with Gasteiger partial charge in [-0.1, -0.05) is 0 Å². The summed E-state index contributed by atoms with van der Waals surface area (Å²) in [4.78, 5) is 11.1. The highest BCUT2D eigenvalue weighted by Gasteiger charge is 2.46. The Kier molecular flexibility index (Phi) is 2.88. The van der Waals surface area contributed by atoms with Crippen molar-refractivity contribution >= 4 is 5.95 Å². The van der Waals surface area contributed by atoms with Gasteiger partial charge in [0.15, 0.2) is 0 Å². The number of ether oxygens (including phenoxy) is 1. The molecule has 0 aromatic carbocycles. The summed E-state index contributed by atoms with van der Waals surface area (Å²) >= 11 is 0. The van der Waals surface area contributed by atoms with Crippen LogP contribution in [0.1, 0.15) is 24.4 Å². The summed E-state index contributed by atoms with van der Waals surface area (Å²) in [5, 5.41) is 7.76. The Morgan fingerprint density at radius 3 is 2.76 bits per heavy atom. The Labute approximate surface area is 123 Å². The lowest BCUT2D eigenvalue weighted by molar-refractivity contribution is 0.0219. The zero-order valence-corrected chi connectivity index (χ0v) is 12.0. The van der Waals surface area contributed by atoms with Crippen LogP contribution >= 0.6 is 0 Å². The molecule has 2 atom stereocenters. The molecule has 0 saturated carbocycles. The minimum atomic E-state index is -0.0802. The maximum atomic E-state index is 6.14. The van der Waals surface area contributed by atoms with E-state index < -0.39 is 0 Å². The van der Waals surface area contributed by atoms with E-state index in [0.717, 1.165) is 44.0 Å².